The van der Waals surface area contributed by atoms with Gasteiger partial charge in [-0.1, -0.05) is 0 Å². The van der Waals surface area contributed by atoms with E-state index in [9.17, 15) is 4.79 Å². The van der Waals surface area contributed by atoms with Crippen LogP contribution in [0.1, 0.15) is 18.5 Å². The number of amides is 1. The quantitative estimate of drug-likeness (QED) is 0.851. The number of hydrogen-bond donors (Lipinski definition) is 2. The molecule has 1 saturated heterocycles. The molecule has 0 aromatic heterocycles. The highest BCUT2D eigenvalue weighted by atomic mass is 79.9. The van der Waals surface area contributed by atoms with E-state index in [1.54, 1.807) is 0 Å². The SMILES string of the molecule is CNC1C(=O)Nc2cc(N3CCN(C)C(C)C3)c(Br)cc21. The fourth-order valence-electron chi connectivity index (χ4n) is 3.07. The maximum Gasteiger partial charge on any atom is 0.246 e. The third-order valence-corrected chi connectivity index (χ3v) is 5.17. The van der Waals surface area contributed by atoms with Crippen LogP contribution in [0.2, 0.25) is 0 Å². The van der Waals surface area contributed by atoms with Gasteiger partial charge in [0.25, 0.3) is 0 Å². The van der Waals surface area contributed by atoms with E-state index in [0.717, 1.165) is 41.0 Å². The summed E-state index contributed by atoms with van der Waals surface area (Å²) in [5.74, 6) is 0.0169. The molecule has 3 rings (SSSR count). The first-order chi connectivity index (χ1) is 10.0. The molecule has 1 aromatic carbocycles. The van der Waals surface area contributed by atoms with Gasteiger partial charge in [-0.05, 0) is 49.1 Å². The zero-order chi connectivity index (χ0) is 15.1. The van der Waals surface area contributed by atoms with Crippen molar-refractivity contribution in [2.24, 2.45) is 0 Å². The van der Waals surface area contributed by atoms with Crippen molar-refractivity contribution in [3.63, 3.8) is 0 Å². The Kier molecular flexibility index (Phi) is 3.94. The topological polar surface area (TPSA) is 47.6 Å². The number of rotatable bonds is 2. The number of piperazine rings is 1. The zero-order valence-electron chi connectivity index (χ0n) is 12.6. The van der Waals surface area contributed by atoms with E-state index in [4.69, 9.17) is 0 Å². The molecule has 0 spiro atoms. The van der Waals surface area contributed by atoms with E-state index in [2.05, 4.69) is 62.5 Å². The molecule has 1 amide bonds. The molecule has 2 aliphatic rings. The van der Waals surface area contributed by atoms with Crippen molar-refractivity contribution >= 4 is 33.2 Å². The molecule has 114 valence electrons. The number of hydrogen-bond acceptors (Lipinski definition) is 4. The number of anilines is 2. The van der Waals surface area contributed by atoms with Crippen LogP contribution in [0.4, 0.5) is 11.4 Å². The van der Waals surface area contributed by atoms with Crippen LogP contribution >= 0.6 is 15.9 Å². The van der Waals surface area contributed by atoms with Crippen LogP contribution in [0.15, 0.2) is 16.6 Å². The Hall–Kier alpha value is -1.11. The van der Waals surface area contributed by atoms with Crippen LogP contribution in [-0.2, 0) is 4.79 Å². The molecule has 1 aromatic rings. The summed E-state index contributed by atoms with van der Waals surface area (Å²) < 4.78 is 1.05. The maximum absolute atomic E-state index is 11.9. The molecule has 6 heteroatoms. The number of nitrogens with zero attached hydrogens (tertiary/aromatic N) is 2. The van der Waals surface area contributed by atoms with E-state index < -0.39 is 0 Å². The summed E-state index contributed by atoms with van der Waals surface area (Å²) >= 11 is 3.67. The summed E-state index contributed by atoms with van der Waals surface area (Å²) in [5, 5.41) is 6.02. The molecule has 21 heavy (non-hydrogen) atoms. The molecule has 0 aliphatic carbocycles. The molecule has 2 aliphatic heterocycles. The molecule has 0 radical (unpaired) electrons. The van der Waals surface area contributed by atoms with Gasteiger partial charge in [0.05, 0.1) is 5.69 Å². The zero-order valence-corrected chi connectivity index (χ0v) is 14.2. The lowest BCUT2D eigenvalue weighted by Gasteiger charge is -2.39. The Bertz CT molecular complexity index is 577. The van der Waals surface area contributed by atoms with Crippen LogP contribution in [0.25, 0.3) is 0 Å². The molecule has 0 bridgehead atoms. The highest BCUT2D eigenvalue weighted by molar-refractivity contribution is 9.10. The molecule has 2 atom stereocenters. The van der Waals surface area contributed by atoms with Gasteiger partial charge in [-0.2, -0.15) is 0 Å². The minimum absolute atomic E-state index is 0.0169. The Morgan fingerprint density at radius 3 is 2.81 bits per heavy atom. The average molecular weight is 353 g/mol. The average Bonchev–Trinajstić information content (AvgIpc) is 2.75. The molecule has 2 heterocycles. The third-order valence-electron chi connectivity index (χ3n) is 4.54. The fraction of sp³-hybridized carbons (Fsp3) is 0.533. The fourth-order valence-corrected chi connectivity index (χ4v) is 3.68. The van der Waals surface area contributed by atoms with Crippen LogP contribution in [0.5, 0.6) is 0 Å². The first kappa shape index (κ1) is 14.8. The second-order valence-corrected chi connectivity index (χ2v) is 6.73. The smallest absolute Gasteiger partial charge is 0.246 e. The highest BCUT2D eigenvalue weighted by Crippen LogP contribution is 2.39. The van der Waals surface area contributed by atoms with Crippen molar-refractivity contribution in [2.45, 2.75) is 19.0 Å². The second kappa shape index (κ2) is 5.59. The third kappa shape index (κ3) is 2.56. The molecular weight excluding hydrogens is 332 g/mol. The summed E-state index contributed by atoms with van der Waals surface area (Å²) in [6, 6.07) is 4.43. The number of carbonyl (C=O) groups is 1. The van der Waals surface area contributed by atoms with Crippen molar-refractivity contribution in [2.75, 3.05) is 43.9 Å². The van der Waals surface area contributed by atoms with Gasteiger partial charge in [0.15, 0.2) is 0 Å². The van der Waals surface area contributed by atoms with Crippen LogP contribution in [0, 0.1) is 0 Å². The van der Waals surface area contributed by atoms with Gasteiger partial charge < -0.3 is 20.4 Å². The van der Waals surface area contributed by atoms with E-state index in [-0.39, 0.29) is 11.9 Å². The van der Waals surface area contributed by atoms with E-state index in [1.807, 2.05) is 7.05 Å². The molecular formula is C15H21BrN4O. The second-order valence-electron chi connectivity index (χ2n) is 5.88. The Morgan fingerprint density at radius 1 is 1.38 bits per heavy atom. The largest absolute Gasteiger partial charge is 0.368 e. The van der Waals surface area contributed by atoms with Gasteiger partial charge in [0, 0.05) is 41.4 Å². The molecule has 1 fully saturated rings. The van der Waals surface area contributed by atoms with Crippen LogP contribution in [0.3, 0.4) is 0 Å². The van der Waals surface area contributed by atoms with Gasteiger partial charge in [-0.25, -0.2) is 0 Å². The number of fused-ring (bicyclic) bond motifs is 1. The number of halogens is 1. The van der Waals surface area contributed by atoms with Crippen molar-refractivity contribution in [1.82, 2.24) is 10.2 Å². The van der Waals surface area contributed by atoms with Crippen molar-refractivity contribution < 1.29 is 4.79 Å². The minimum Gasteiger partial charge on any atom is -0.368 e. The van der Waals surface area contributed by atoms with Gasteiger partial charge >= 0.3 is 0 Å². The van der Waals surface area contributed by atoms with Gasteiger partial charge in [-0.3, -0.25) is 4.79 Å². The number of carbonyl (C=O) groups excluding carboxylic acids is 1. The van der Waals surface area contributed by atoms with Crippen molar-refractivity contribution in [3.8, 4) is 0 Å². The first-order valence-electron chi connectivity index (χ1n) is 7.28. The summed E-state index contributed by atoms with van der Waals surface area (Å²) in [6.45, 7) is 5.29. The van der Waals surface area contributed by atoms with E-state index >= 15 is 0 Å². The standard InChI is InChI=1S/C15H21BrN4O/c1-9-8-20(5-4-19(9)3)13-7-12-10(6-11(13)16)14(17-2)15(21)18-12/h6-7,9,14,17H,4-5,8H2,1-3H3,(H,18,21). The van der Waals surface area contributed by atoms with Crippen molar-refractivity contribution in [3.05, 3.63) is 22.2 Å². The summed E-state index contributed by atoms with van der Waals surface area (Å²) in [6.07, 6.45) is 0. The van der Waals surface area contributed by atoms with Gasteiger partial charge in [0.2, 0.25) is 5.91 Å². The highest BCUT2D eigenvalue weighted by Gasteiger charge is 2.31. The van der Waals surface area contributed by atoms with Gasteiger partial charge in [-0.15, -0.1) is 0 Å². The van der Waals surface area contributed by atoms with Crippen LogP contribution in [-0.4, -0.2) is 50.6 Å². The lowest BCUT2D eigenvalue weighted by atomic mass is 10.1. The Labute approximate surface area is 133 Å². The van der Waals surface area contributed by atoms with Crippen LogP contribution < -0.4 is 15.5 Å². The summed E-state index contributed by atoms with van der Waals surface area (Å²) in [5.41, 5.74) is 3.09. The first-order valence-corrected chi connectivity index (χ1v) is 8.07. The number of nitrogens with one attached hydrogen (secondary N) is 2. The summed E-state index contributed by atoms with van der Waals surface area (Å²) in [4.78, 5) is 16.7. The van der Waals surface area contributed by atoms with E-state index in [0.29, 0.717) is 6.04 Å². The Balaban J connectivity index is 1.92. The lowest BCUT2D eigenvalue weighted by Crippen LogP contribution is -2.50. The van der Waals surface area contributed by atoms with Crippen molar-refractivity contribution in [1.29, 1.82) is 0 Å². The number of likely N-dealkylation sites (N-methyl/N-ethyl adjacent to an activating group) is 2. The predicted molar refractivity (Wildman–Crippen MR) is 88.9 cm³/mol. The molecule has 0 saturated carbocycles. The predicted octanol–water partition coefficient (Wildman–Crippen LogP) is 1.80. The minimum atomic E-state index is -0.253. The monoisotopic (exact) mass is 352 g/mol. The summed E-state index contributed by atoms with van der Waals surface area (Å²) in [7, 11) is 3.97. The molecule has 2 N–H and O–H groups in total. The molecule has 5 nitrogen and oxygen atoms in total. The number of benzene rings is 1. The Morgan fingerprint density at radius 2 is 2.14 bits per heavy atom. The van der Waals surface area contributed by atoms with E-state index in [1.165, 1.54) is 0 Å². The maximum atomic E-state index is 11.9. The molecule has 2 unspecified atom stereocenters. The van der Waals surface area contributed by atoms with Gasteiger partial charge in [0.1, 0.15) is 6.04 Å². The normalized spacial score (nSPS) is 25.9. The lowest BCUT2D eigenvalue weighted by molar-refractivity contribution is -0.117.